The molecule has 1 aromatic carbocycles. The van der Waals surface area contributed by atoms with Gasteiger partial charge in [0.15, 0.2) is 0 Å². The van der Waals surface area contributed by atoms with Crippen molar-refractivity contribution in [2.24, 2.45) is 0 Å². The molecule has 7 nitrogen and oxygen atoms in total. The van der Waals surface area contributed by atoms with Crippen molar-refractivity contribution < 1.29 is 14.6 Å². The summed E-state index contributed by atoms with van der Waals surface area (Å²) in [5.74, 6) is 0. The molecule has 0 aliphatic heterocycles. The molecule has 0 bridgehead atoms. The lowest BCUT2D eigenvalue weighted by Crippen LogP contribution is -2.45. The summed E-state index contributed by atoms with van der Waals surface area (Å²) in [5, 5.41) is 11.7. The standard InChI is InChI=1S/C11H14ClN3O4/c1-11(2,3)15(19-10(12)16)13-8-4-6-9(7-5-8)14(17)18/h4-7,13H,1-3H3. The molecule has 0 unspecified atom stereocenters. The molecule has 0 fully saturated rings. The predicted molar refractivity (Wildman–Crippen MR) is 70.6 cm³/mol. The molecular weight excluding hydrogens is 274 g/mol. The Morgan fingerprint density at radius 3 is 2.26 bits per heavy atom. The van der Waals surface area contributed by atoms with E-state index in [1.807, 2.05) is 0 Å². The van der Waals surface area contributed by atoms with Gasteiger partial charge in [-0.2, -0.15) is 0 Å². The van der Waals surface area contributed by atoms with Gasteiger partial charge in [0.1, 0.15) is 0 Å². The van der Waals surface area contributed by atoms with Crippen LogP contribution in [-0.2, 0) is 4.84 Å². The Hall–Kier alpha value is -1.86. The van der Waals surface area contributed by atoms with Crippen molar-refractivity contribution in [1.82, 2.24) is 5.17 Å². The average molecular weight is 288 g/mol. The Balaban J connectivity index is 2.84. The smallest absolute Gasteiger partial charge is 0.334 e. The lowest BCUT2D eigenvalue weighted by Gasteiger charge is -2.32. The van der Waals surface area contributed by atoms with Crippen molar-refractivity contribution in [2.75, 3.05) is 5.43 Å². The van der Waals surface area contributed by atoms with Crippen LogP contribution in [0.25, 0.3) is 0 Å². The van der Waals surface area contributed by atoms with Crippen molar-refractivity contribution in [1.29, 1.82) is 0 Å². The fourth-order valence-corrected chi connectivity index (χ4v) is 1.24. The molecular formula is C11H14ClN3O4. The highest BCUT2D eigenvalue weighted by atomic mass is 35.5. The first-order valence-electron chi connectivity index (χ1n) is 5.39. The van der Waals surface area contributed by atoms with Crippen LogP contribution in [0.2, 0.25) is 0 Å². The number of anilines is 1. The van der Waals surface area contributed by atoms with Gasteiger partial charge < -0.3 is 4.84 Å². The maximum atomic E-state index is 10.8. The third-order valence-electron chi connectivity index (χ3n) is 2.08. The number of benzene rings is 1. The number of nitro benzene ring substituents is 1. The van der Waals surface area contributed by atoms with Crippen molar-refractivity contribution in [3.05, 3.63) is 34.4 Å². The quantitative estimate of drug-likeness (QED) is 0.519. The van der Waals surface area contributed by atoms with E-state index in [9.17, 15) is 14.9 Å². The minimum atomic E-state index is -0.982. The molecule has 0 aliphatic rings. The second-order valence-corrected chi connectivity index (χ2v) is 5.02. The number of carbonyl (C=O) groups excluding carboxylic acids is 1. The molecule has 0 amide bonds. The number of carbonyl (C=O) groups is 1. The maximum Gasteiger partial charge on any atom is 0.424 e. The minimum Gasteiger partial charge on any atom is -0.334 e. The van der Waals surface area contributed by atoms with E-state index in [4.69, 9.17) is 16.4 Å². The third-order valence-corrected chi connectivity index (χ3v) is 2.15. The van der Waals surface area contributed by atoms with Gasteiger partial charge in [0.25, 0.3) is 5.69 Å². The van der Waals surface area contributed by atoms with Crippen molar-refractivity contribution in [3.8, 4) is 0 Å². The molecule has 104 valence electrons. The van der Waals surface area contributed by atoms with Crippen molar-refractivity contribution in [2.45, 2.75) is 26.3 Å². The summed E-state index contributed by atoms with van der Waals surface area (Å²) in [4.78, 5) is 25.6. The van der Waals surface area contributed by atoms with Gasteiger partial charge in [0.05, 0.1) is 16.1 Å². The van der Waals surface area contributed by atoms with Gasteiger partial charge in [-0.05, 0) is 38.1 Å². The SMILES string of the molecule is CC(C)(C)N(Nc1ccc([N+](=O)[O-])cc1)OC(=O)Cl. The lowest BCUT2D eigenvalue weighted by atomic mass is 10.1. The molecule has 0 saturated carbocycles. The molecule has 1 rings (SSSR count). The van der Waals surface area contributed by atoms with Crippen LogP contribution in [0.5, 0.6) is 0 Å². The first-order chi connectivity index (χ1) is 8.70. The number of hydrazine groups is 1. The van der Waals surface area contributed by atoms with Crippen LogP contribution in [0, 0.1) is 10.1 Å². The van der Waals surface area contributed by atoms with Crippen molar-refractivity contribution in [3.63, 3.8) is 0 Å². The number of non-ortho nitro benzene ring substituents is 1. The van der Waals surface area contributed by atoms with Crippen LogP contribution in [0.15, 0.2) is 24.3 Å². The summed E-state index contributed by atoms with van der Waals surface area (Å²) in [6.07, 6.45) is 0. The van der Waals surface area contributed by atoms with Crippen LogP contribution in [0.4, 0.5) is 16.2 Å². The normalized spacial score (nSPS) is 11.2. The Kier molecular flexibility index (Phi) is 4.68. The Morgan fingerprint density at radius 2 is 1.89 bits per heavy atom. The molecule has 1 aromatic rings. The van der Waals surface area contributed by atoms with E-state index < -0.39 is 15.9 Å². The highest BCUT2D eigenvalue weighted by Crippen LogP contribution is 2.20. The van der Waals surface area contributed by atoms with E-state index in [-0.39, 0.29) is 5.69 Å². The highest BCUT2D eigenvalue weighted by Gasteiger charge is 2.25. The third kappa shape index (κ3) is 4.72. The van der Waals surface area contributed by atoms with E-state index in [0.717, 1.165) is 0 Å². The summed E-state index contributed by atoms with van der Waals surface area (Å²) in [6, 6.07) is 5.68. The Labute approximate surface area is 115 Å². The van der Waals surface area contributed by atoms with Gasteiger partial charge in [0.2, 0.25) is 0 Å². The van der Waals surface area contributed by atoms with Crippen LogP contribution in [0.3, 0.4) is 0 Å². The number of nitrogens with zero attached hydrogens (tertiary/aromatic N) is 2. The molecule has 0 aliphatic carbocycles. The van der Waals surface area contributed by atoms with Gasteiger partial charge >= 0.3 is 5.43 Å². The van der Waals surface area contributed by atoms with E-state index in [0.29, 0.717) is 5.69 Å². The van der Waals surface area contributed by atoms with E-state index in [1.54, 1.807) is 20.8 Å². The second kappa shape index (κ2) is 5.85. The van der Waals surface area contributed by atoms with Gasteiger partial charge in [-0.1, -0.05) is 0 Å². The van der Waals surface area contributed by atoms with Gasteiger partial charge in [0, 0.05) is 23.7 Å². The molecule has 0 atom stereocenters. The van der Waals surface area contributed by atoms with E-state index in [2.05, 4.69) is 5.43 Å². The van der Waals surface area contributed by atoms with Crippen LogP contribution in [0.1, 0.15) is 20.8 Å². The number of nitro groups is 1. The monoisotopic (exact) mass is 287 g/mol. The van der Waals surface area contributed by atoms with E-state index in [1.165, 1.54) is 29.4 Å². The number of hydrogen-bond acceptors (Lipinski definition) is 6. The number of hydroxylamine groups is 1. The minimum absolute atomic E-state index is 0.0257. The summed E-state index contributed by atoms with van der Waals surface area (Å²) in [6.45, 7) is 5.39. The first kappa shape index (κ1) is 15.2. The van der Waals surface area contributed by atoms with E-state index >= 15 is 0 Å². The number of hydrogen-bond donors (Lipinski definition) is 1. The number of nitrogens with one attached hydrogen (secondary N) is 1. The molecule has 0 radical (unpaired) electrons. The van der Waals surface area contributed by atoms with Gasteiger partial charge in [-0.25, -0.2) is 4.79 Å². The largest absolute Gasteiger partial charge is 0.424 e. The molecule has 19 heavy (non-hydrogen) atoms. The van der Waals surface area contributed by atoms with Crippen LogP contribution in [-0.4, -0.2) is 21.1 Å². The second-order valence-electron chi connectivity index (χ2n) is 4.71. The van der Waals surface area contributed by atoms with Crippen LogP contribution >= 0.6 is 11.6 Å². The summed E-state index contributed by atoms with van der Waals surface area (Å²) in [5.41, 5.74) is 1.77. The predicted octanol–water partition coefficient (Wildman–Crippen LogP) is 3.31. The fourth-order valence-electron chi connectivity index (χ4n) is 1.17. The van der Waals surface area contributed by atoms with Gasteiger partial charge in [-0.15, -0.1) is 0 Å². The Bertz CT molecular complexity index is 470. The summed E-state index contributed by atoms with van der Waals surface area (Å²) < 4.78 is 0. The number of halogens is 1. The zero-order chi connectivity index (χ0) is 14.6. The van der Waals surface area contributed by atoms with Gasteiger partial charge in [-0.3, -0.25) is 15.5 Å². The van der Waals surface area contributed by atoms with Crippen molar-refractivity contribution >= 4 is 28.4 Å². The molecule has 1 N–H and O–H groups in total. The maximum absolute atomic E-state index is 10.8. The Morgan fingerprint density at radius 1 is 1.37 bits per heavy atom. The van der Waals surface area contributed by atoms with Crippen LogP contribution < -0.4 is 5.43 Å². The fraction of sp³-hybridized carbons (Fsp3) is 0.364. The highest BCUT2D eigenvalue weighted by molar-refractivity contribution is 6.61. The molecule has 0 aromatic heterocycles. The molecule has 0 heterocycles. The topological polar surface area (TPSA) is 84.7 Å². The average Bonchev–Trinajstić information content (AvgIpc) is 2.27. The summed E-state index contributed by atoms with van der Waals surface area (Å²) in [7, 11) is 0. The molecule has 0 saturated heterocycles. The number of rotatable bonds is 4. The summed E-state index contributed by atoms with van der Waals surface area (Å²) >= 11 is 5.18. The zero-order valence-electron chi connectivity index (χ0n) is 10.7. The zero-order valence-corrected chi connectivity index (χ0v) is 11.5. The molecule has 0 spiro atoms. The molecule has 8 heteroatoms. The lowest BCUT2D eigenvalue weighted by molar-refractivity contribution is -0.384. The first-order valence-corrected chi connectivity index (χ1v) is 5.77.